The molecule has 31 heavy (non-hydrogen) atoms. The number of rotatable bonds is 6. The molecule has 0 aliphatic carbocycles. The number of ether oxygens (including phenoxy) is 1. The summed E-state index contributed by atoms with van der Waals surface area (Å²) >= 11 is 0. The first-order chi connectivity index (χ1) is 14.1. The first kappa shape index (κ1) is 24.5. The lowest BCUT2D eigenvalue weighted by Gasteiger charge is -2.18. The molecule has 0 radical (unpaired) electrons. The van der Waals surface area contributed by atoms with E-state index in [1.165, 1.54) is 10.6 Å². The van der Waals surface area contributed by atoms with Gasteiger partial charge in [-0.15, -0.1) is 24.8 Å². The zero-order valence-corrected chi connectivity index (χ0v) is 18.7. The standard InChI is InChI=1S/C22H24N4O3.2ClH/c1-23-17-9-11-25(14-17)20-8-7-19(22(28)24-20)26-12-10-18(13-21(26)27)29-15-16-5-3-2-4-6-16;;/h2-8,10,12-13,17,23H,9,11,14-15H2,1H3,(H,24,28);2*1H/t17-;;/m1../s1. The van der Waals surface area contributed by atoms with Gasteiger partial charge in [0.25, 0.3) is 11.1 Å². The van der Waals surface area contributed by atoms with Gasteiger partial charge < -0.3 is 19.9 Å². The molecular weight excluding hydrogens is 439 g/mol. The number of aromatic amines is 1. The third-order valence-electron chi connectivity index (χ3n) is 5.21. The highest BCUT2D eigenvalue weighted by Crippen LogP contribution is 2.17. The predicted molar refractivity (Wildman–Crippen MR) is 128 cm³/mol. The van der Waals surface area contributed by atoms with Crippen LogP contribution in [0, 0.1) is 0 Å². The number of anilines is 1. The highest BCUT2D eigenvalue weighted by atomic mass is 35.5. The molecule has 1 saturated heterocycles. The molecule has 0 bridgehead atoms. The van der Waals surface area contributed by atoms with Crippen LogP contribution in [0.1, 0.15) is 12.0 Å². The second kappa shape index (κ2) is 11.0. The molecule has 0 saturated carbocycles. The second-order valence-electron chi connectivity index (χ2n) is 7.12. The van der Waals surface area contributed by atoms with Gasteiger partial charge in [0.1, 0.15) is 23.9 Å². The van der Waals surface area contributed by atoms with Crippen LogP contribution < -0.4 is 26.1 Å². The van der Waals surface area contributed by atoms with Crippen molar-refractivity contribution in [1.29, 1.82) is 0 Å². The van der Waals surface area contributed by atoms with E-state index in [1.54, 1.807) is 18.3 Å². The Hall–Kier alpha value is -2.74. The zero-order valence-electron chi connectivity index (χ0n) is 17.1. The van der Waals surface area contributed by atoms with Gasteiger partial charge in [-0.2, -0.15) is 0 Å². The predicted octanol–water partition coefficient (Wildman–Crippen LogP) is 2.75. The number of hydrogen-bond acceptors (Lipinski definition) is 5. The van der Waals surface area contributed by atoms with Gasteiger partial charge >= 0.3 is 0 Å². The van der Waals surface area contributed by atoms with Crippen molar-refractivity contribution in [2.45, 2.75) is 19.1 Å². The van der Waals surface area contributed by atoms with Crippen LogP contribution in [0.5, 0.6) is 5.75 Å². The average molecular weight is 465 g/mol. The molecule has 3 heterocycles. The highest BCUT2D eigenvalue weighted by Gasteiger charge is 2.22. The van der Waals surface area contributed by atoms with Crippen LogP contribution in [-0.4, -0.2) is 35.7 Å². The first-order valence-corrected chi connectivity index (χ1v) is 9.69. The lowest BCUT2D eigenvalue weighted by molar-refractivity contribution is 0.305. The van der Waals surface area contributed by atoms with Gasteiger partial charge in [0.05, 0.1) is 0 Å². The van der Waals surface area contributed by atoms with Gasteiger partial charge in [-0.1, -0.05) is 30.3 Å². The van der Waals surface area contributed by atoms with Crippen molar-refractivity contribution in [3.05, 3.63) is 87.1 Å². The van der Waals surface area contributed by atoms with Crippen molar-refractivity contribution in [1.82, 2.24) is 14.9 Å². The van der Waals surface area contributed by atoms with Crippen molar-refractivity contribution in [2.24, 2.45) is 0 Å². The lowest BCUT2D eigenvalue weighted by Crippen LogP contribution is -2.31. The molecule has 1 aliphatic heterocycles. The summed E-state index contributed by atoms with van der Waals surface area (Å²) in [5.74, 6) is 1.24. The van der Waals surface area contributed by atoms with Gasteiger partial charge in [-0.25, -0.2) is 0 Å². The second-order valence-corrected chi connectivity index (χ2v) is 7.12. The van der Waals surface area contributed by atoms with Crippen molar-refractivity contribution in [3.8, 4) is 11.4 Å². The topological polar surface area (TPSA) is 79.4 Å². The molecule has 0 spiro atoms. The van der Waals surface area contributed by atoms with Gasteiger partial charge in [0, 0.05) is 31.4 Å². The van der Waals surface area contributed by atoms with Gasteiger partial charge in [-0.3, -0.25) is 14.2 Å². The molecule has 7 nitrogen and oxygen atoms in total. The maximum atomic E-state index is 12.6. The molecular formula is C22H26Cl2N4O3. The molecule has 0 amide bonds. The SMILES string of the molecule is CN[C@@H]1CCN(c2ccc(-n3ccc(OCc4ccccc4)cc3=O)c(=O)[nH]2)C1.Cl.Cl. The maximum absolute atomic E-state index is 12.6. The third kappa shape index (κ3) is 5.70. The quantitative estimate of drug-likeness (QED) is 0.586. The van der Waals surface area contributed by atoms with Gasteiger partial charge in [-0.05, 0) is 37.2 Å². The fourth-order valence-corrected chi connectivity index (χ4v) is 3.53. The molecule has 2 aromatic heterocycles. The summed E-state index contributed by atoms with van der Waals surface area (Å²) in [6.07, 6.45) is 2.60. The third-order valence-corrected chi connectivity index (χ3v) is 5.21. The van der Waals surface area contributed by atoms with Crippen molar-refractivity contribution in [3.63, 3.8) is 0 Å². The number of halogens is 2. The van der Waals surface area contributed by atoms with Crippen molar-refractivity contribution >= 4 is 30.6 Å². The number of nitrogens with one attached hydrogen (secondary N) is 2. The molecule has 1 aromatic carbocycles. The maximum Gasteiger partial charge on any atom is 0.273 e. The van der Waals surface area contributed by atoms with Crippen LogP contribution in [0.3, 0.4) is 0 Å². The van der Waals surface area contributed by atoms with Gasteiger partial charge in [0.15, 0.2) is 0 Å². The Bertz CT molecular complexity index is 1100. The molecule has 3 aromatic rings. The number of aromatic nitrogens is 2. The summed E-state index contributed by atoms with van der Waals surface area (Å²) in [5, 5.41) is 3.26. The monoisotopic (exact) mass is 464 g/mol. The summed E-state index contributed by atoms with van der Waals surface area (Å²) in [6, 6.07) is 16.8. The molecule has 0 unspecified atom stereocenters. The fourth-order valence-electron chi connectivity index (χ4n) is 3.53. The molecule has 1 atom stereocenters. The van der Waals surface area contributed by atoms with E-state index in [2.05, 4.69) is 15.2 Å². The van der Waals surface area contributed by atoms with E-state index in [4.69, 9.17) is 4.74 Å². The molecule has 2 N–H and O–H groups in total. The van der Waals surface area contributed by atoms with Crippen LogP contribution in [-0.2, 0) is 6.61 Å². The average Bonchev–Trinajstić information content (AvgIpc) is 3.23. The van der Waals surface area contributed by atoms with E-state index < -0.39 is 0 Å². The summed E-state index contributed by atoms with van der Waals surface area (Å²) < 4.78 is 7.02. The number of nitrogens with zero attached hydrogens (tertiary/aromatic N) is 2. The minimum atomic E-state index is -0.315. The summed E-state index contributed by atoms with van der Waals surface area (Å²) in [5.41, 5.74) is 0.699. The summed E-state index contributed by atoms with van der Waals surface area (Å²) in [4.78, 5) is 30.2. The van der Waals surface area contributed by atoms with E-state index in [9.17, 15) is 9.59 Å². The lowest BCUT2D eigenvalue weighted by atomic mass is 10.2. The normalized spacial score (nSPS) is 15.1. The first-order valence-electron chi connectivity index (χ1n) is 9.69. The minimum absolute atomic E-state index is 0. The number of pyridine rings is 2. The van der Waals surface area contributed by atoms with E-state index in [1.807, 2.05) is 43.4 Å². The minimum Gasteiger partial charge on any atom is -0.489 e. The van der Waals surface area contributed by atoms with Crippen LogP contribution in [0.2, 0.25) is 0 Å². The molecule has 1 fully saturated rings. The van der Waals surface area contributed by atoms with Crippen LogP contribution in [0.25, 0.3) is 5.69 Å². The molecule has 9 heteroatoms. The van der Waals surface area contributed by atoms with Crippen LogP contribution in [0.15, 0.2) is 70.4 Å². The van der Waals surface area contributed by atoms with E-state index in [-0.39, 0.29) is 41.6 Å². The Morgan fingerprint density at radius 1 is 1.10 bits per heavy atom. The van der Waals surface area contributed by atoms with Crippen molar-refractivity contribution in [2.75, 3.05) is 25.0 Å². The number of likely N-dealkylation sites (N-methyl/N-ethyl adjacent to an activating group) is 1. The Balaban J connectivity index is 0.00000171. The number of hydrogen-bond donors (Lipinski definition) is 2. The highest BCUT2D eigenvalue weighted by molar-refractivity contribution is 5.85. The fraction of sp³-hybridized carbons (Fsp3) is 0.273. The van der Waals surface area contributed by atoms with E-state index >= 15 is 0 Å². The smallest absolute Gasteiger partial charge is 0.273 e. The van der Waals surface area contributed by atoms with Gasteiger partial charge in [0.2, 0.25) is 0 Å². The Labute approximate surface area is 192 Å². The largest absolute Gasteiger partial charge is 0.489 e. The summed E-state index contributed by atoms with van der Waals surface area (Å²) in [6.45, 7) is 2.11. The number of H-pyrrole nitrogens is 1. The van der Waals surface area contributed by atoms with E-state index in [0.717, 1.165) is 30.9 Å². The molecule has 1 aliphatic rings. The van der Waals surface area contributed by atoms with Crippen LogP contribution in [0.4, 0.5) is 5.82 Å². The van der Waals surface area contributed by atoms with Crippen LogP contribution >= 0.6 is 24.8 Å². The van der Waals surface area contributed by atoms with Crippen molar-refractivity contribution < 1.29 is 4.74 Å². The number of benzene rings is 1. The zero-order chi connectivity index (χ0) is 20.2. The molecule has 4 rings (SSSR count). The molecule has 166 valence electrons. The Kier molecular flexibility index (Phi) is 8.74. The van der Waals surface area contributed by atoms with E-state index in [0.29, 0.717) is 18.4 Å². The summed E-state index contributed by atoms with van der Waals surface area (Å²) in [7, 11) is 1.94. The Morgan fingerprint density at radius 3 is 2.52 bits per heavy atom. The Morgan fingerprint density at radius 2 is 1.87 bits per heavy atom.